The molecule has 1 aromatic heterocycles. The van der Waals surface area contributed by atoms with E-state index in [1.54, 1.807) is 0 Å². The molecule has 0 aromatic carbocycles. The standard InChI is InChI=1S/C14H22N4O4S/c1-8(2)7-9(15)10(19)14(11(20)21)5-4-6-18(14)13-16-12(22-3)17-23-13/h8-9H,4-7,15H2,1-3H3,(H,20,21)/t9-,14+/m0/s1. The Hall–Kier alpha value is -1.74. The fourth-order valence-corrected chi connectivity index (χ4v) is 3.72. The molecule has 2 rings (SSSR count). The lowest BCUT2D eigenvalue weighted by molar-refractivity contribution is -0.148. The van der Waals surface area contributed by atoms with Gasteiger partial charge in [0.05, 0.1) is 13.2 Å². The monoisotopic (exact) mass is 342 g/mol. The van der Waals surface area contributed by atoms with Gasteiger partial charge < -0.3 is 20.5 Å². The lowest BCUT2D eigenvalue weighted by Crippen LogP contribution is -2.61. The Kier molecular flexibility index (Phi) is 5.20. The minimum absolute atomic E-state index is 0.162. The van der Waals surface area contributed by atoms with Gasteiger partial charge in [-0.05, 0) is 25.2 Å². The van der Waals surface area contributed by atoms with Crippen LogP contribution in [-0.2, 0) is 9.59 Å². The van der Waals surface area contributed by atoms with Crippen LogP contribution in [0.2, 0.25) is 0 Å². The third-order valence-corrected chi connectivity index (χ3v) is 4.74. The molecule has 0 aliphatic carbocycles. The van der Waals surface area contributed by atoms with E-state index in [2.05, 4.69) is 9.36 Å². The first-order valence-corrected chi connectivity index (χ1v) is 8.29. The van der Waals surface area contributed by atoms with Gasteiger partial charge in [0.15, 0.2) is 5.78 Å². The molecule has 0 saturated carbocycles. The van der Waals surface area contributed by atoms with Crippen LogP contribution in [0.25, 0.3) is 0 Å². The zero-order chi connectivity index (χ0) is 17.2. The average Bonchev–Trinajstić information content (AvgIpc) is 3.12. The fourth-order valence-electron chi connectivity index (χ4n) is 2.98. The molecule has 0 amide bonds. The summed E-state index contributed by atoms with van der Waals surface area (Å²) >= 11 is 1.02. The van der Waals surface area contributed by atoms with Crippen LogP contribution < -0.4 is 15.4 Å². The third-order valence-electron chi connectivity index (χ3n) is 4.01. The number of carboxylic acids is 1. The van der Waals surface area contributed by atoms with Crippen LogP contribution in [0.1, 0.15) is 33.1 Å². The highest BCUT2D eigenvalue weighted by Crippen LogP contribution is 2.38. The molecule has 8 nitrogen and oxygen atoms in total. The molecule has 0 unspecified atom stereocenters. The van der Waals surface area contributed by atoms with Crippen molar-refractivity contribution < 1.29 is 19.4 Å². The lowest BCUT2D eigenvalue weighted by atomic mass is 9.84. The van der Waals surface area contributed by atoms with E-state index in [0.717, 1.165) is 11.5 Å². The summed E-state index contributed by atoms with van der Waals surface area (Å²) in [5, 5.41) is 10.2. The Morgan fingerprint density at radius 1 is 1.52 bits per heavy atom. The first-order chi connectivity index (χ1) is 10.8. The number of aromatic nitrogens is 2. The van der Waals surface area contributed by atoms with E-state index in [1.165, 1.54) is 12.0 Å². The highest BCUT2D eigenvalue weighted by atomic mass is 32.1. The lowest BCUT2D eigenvalue weighted by Gasteiger charge is -2.34. The van der Waals surface area contributed by atoms with E-state index in [9.17, 15) is 14.7 Å². The Bertz CT molecular complexity index is 591. The van der Waals surface area contributed by atoms with E-state index in [0.29, 0.717) is 24.5 Å². The topological polar surface area (TPSA) is 119 Å². The van der Waals surface area contributed by atoms with Crippen molar-refractivity contribution in [2.24, 2.45) is 11.7 Å². The zero-order valence-electron chi connectivity index (χ0n) is 13.5. The predicted molar refractivity (Wildman–Crippen MR) is 85.8 cm³/mol. The molecule has 128 valence electrons. The summed E-state index contributed by atoms with van der Waals surface area (Å²) < 4.78 is 8.94. The summed E-state index contributed by atoms with van der Waals surface area (Å²) in [5.41, 5.74) is 4.33. The predicted octanol–water partition coefficient (Wildman–Crippen LogP) is 0.913. The molecular weight excluding hydrogens is 320 g/mol. The van der Waals surface area contributed by atoms with Crippen molar-refractivity contribution in [3.8, 4) is 6.01 Å². The molecule has 3 N–H and O–H groups in total. The van der Waals surface area contributed by atoms with E-state index in [4.69, 9.17) is 10.5 Å². The van der Waals surface area contributed by atoms with Crippen molar-refractivity contribution in [2.75, 3.05) is 18.6 Å². The summed E-state index contributed by atoms with van der Waals surface area (Å²) in [4.78, 5) is 30.6. The summed E-state index contributed by atoms with van der Waals surface area (Å²) in [7, 11) is 1.43. The number of ketones is 1. The number of carboxylic acid groups (broad SMARTS) is 1. The van der Waals surface area contributed by atoms with Gasteiger partial charge in [-0.15, -0.1) is 4.37 Å². The van der Waals surface area contributed by atoms with Crippen LogP contribution in [0.3, 0.4) is 0 Å². The molecule has 0 radical (unpaired) electrons. The van der Waals surface area contributed by atoms with E-state index in [-0.39, 0.29) is 18.3 Å². The number of Topliss-reactive ketones (excluding diaryl/α,β-unsaturated/α-hetero) is 1. The first kappa shape index (κ1) is 17.6. The molecule has 1 aliphatic rings. The second kappa shape index (κ2) is 6.79. The van der Waals surface area contributed by atoms with Crippen molar-refractivity contribution in [3.05, 3.63) is 0 Å². The van der Waals surface area contributed by atoms with Gasteiger partial charge >= 0.3 is 12.0 Å². The molecule has 1 saturated heterocycles. The number of methoxy groups -OCH3 is 1. The van der Waals surface area contributed by atoms with Gasteiger partial charge in [0.1, 0.15) is 0 Å². The smallest absolute Gasteiger partial charge is 0.337 e. The molecular formula is C14H22N4O4S. The maximum Gasteiger partial charge on any atom is 0.337 e. The average molecular weight is 342 g/mol. The van der Waals surface area contributed by atoms with Crippen LogP contribution in [0.5, 0.6) is 6.01 Å². The Labute approximate surface area is 138 Å². The van der Waals surface area contributed by atoms with Crippen LogP contribution in [-0.4, -0.2) is 51.5 Å². The summed E-state index contributed by atoms with van der Waals surface area (Å²) in [6, 6.07) is -0.656. The molecule has 0 spiro atoms. The van der Waals surface area contributed by atoms with Gasteiger partial charge in [0.2, 0.25) is 10.7 Å². The Morgan fingerprint density at radius 2 is 2.22 bits per heavy atom. The zero-order valence-corrected chi connectivity index (χ0v) is 14.3. The van der Waals surface area contributed by atoms with Crippen molar-refractivity contribution in [3.63, 3.8) is 0 Å². The van der Waals surface area contributed by atoms with E-state index < -0.39 is 23.3 Å². The largest absolute Gasteiger partial charge is 0.479 e. The first-order valence-electron chi connectivity index (χ1n) is 7.51. The number of nitrogens with zero attached hydrogens (tertiary/aromatic N) is 3. The maximum absolute atomic E-state index is 12.9. The normalized spacial score (nSPS) is 22.4. The number of anilines is 1. The molecule has 23 heavy (non-hydrogen) atoms. The summed E-state index contributed by atoms with van der Waals surface area (Å²) in [5.74, 6) is -1.45. The molecule has 2 heterocycles. The van der Waals surface area contributed by atoms with E-state index >= 15 is 0 Å². The van der Waals surface area contributed by atoms with Gasteiger partial charge in [-0.3, -0.25) is 4.79 Å². The fraction of sp³-hybridized carbons (Fsp3) is 0.714. The number of hydrogen-bond acceptors (Lipinski definition) is 8. The third kappa shape index (κ3) is 3.16. The minimum atomic E-state index is -1.67. The molecule has 9 heteroatoms. The summed E-state index contributed by atoms with van der Waals surface area (Å²) in [6.45, 7) is 4.32. The van der Waals surface area contributed by atoms with Crippen molar-refractivity contribution in [2.45, 2.75) is 44.7 Å². The van der Waals surface area contributed by atoms with Gasteiger partial charge in [0.25, 0.3) is 0 Å². The van der Waals surface area contributed by atoms with Crippen molar-refractivity contribution >= 4 is 28.4 Å². The molecule has 1 aliphatic heterocycles. The van der Waals surface area contributed by atoms with Crippen LogP contribution in [0.15, 0.2) is 0 Å². The number of nitrogens with two attached hydrogens (primary N) is 1. The van der Waals surface area contributed by atoms with Crippen LogP contribution in [0, 0.1) is 5.92 Å². The second-order valence-electron chi connectivity index (χ2n) is 6.08. The SMILES string of the molecule is COc1nsc(N2CCC[C@]2(C(=O)O)C(=O)[C@@H](N)CC(C)C)n1. The number of carbonyl (C=O) groups excluding carboxylic acids is 1. The van der Waals surface area contributed by atoms with Gasteiger partial charge in [-0.1, -0.05) is 13.8 Å². The minimum Gasteiger partial charge on any atom is -0.479 e. The number of aliphatic carboxylic acids is 1. The van der Waals surface area contributed by atoms with E-state index in [1.807, 2.05) is 13.8 Å². The number of carbonyl (C=O) groups is 2. The Balaban J connectivity index is 2.38. The molecule has 0 bridgehead atoms. The van der Waals surface area contributed by atoms with Crippen molar-refractivity contribution in [1.29, 1.82) is 0 Å². The maximum atomic E-state index is 12.9. The molecule has 1 fully saturated rings. The van der Waals surface area contributed by atoms with Gasteiger partial charge in [0, 0.05) is 18.1 Å². The highest BCUT2D eigenvalue weighted by Gasteiger charge is 2.56. The molecule has 2 atom stereocenters. The quantitative estimate of drug-likeness (QED) is 0.702. The van der Waals surface area contributed by atoms with Crippen molar-refractivity contribution in [1.82, 2.24) is 9.36 Å². The van der Waals surface area contributed by atoms with Gasteiger partial charge in [-0.2, -0.15) is 4.98 Å². The van der Waals surface area contributed by atoms with Crippen LogP contribution >= 0.6 is 11.5 Å². The van der Waals surface area contributed by atoms with Crippen LogP contribution in [0.4, 0.5) is 5.13 Å². The number of rotatable bonds is 7. The molecule has 1 aromatic rings. The van der Waals surface area contributed by atoms with Gasteiger partial charge in [-0.25, -0.2) is 4.79 Å². The second-order valence-corrected chi connectivity index (χ2v) is 6.81. The number of hydrogen-bond donors (Lipinski definition) is 2. The summed E-state index contributed by atoms with van der Waals surface area (Å²) in [6.07, 6.45) is 1.24. The number of ether oxygens (including phenoxy) is 1. The Morgan fingerprint density at radius 3 is 2.74 bits per heavy atom. The highest BCUT2D eigenvalue weighted by molar-refractivity contribution is 7.09.